The van der Waals surface area contributed by atoms with E-state index in [9.17, 15) is 4.79 Å². The van der Waals surface area contributed by atoms with Crippen LogP contribution < -0.4 is 10.2 Å². The van der Waals surface area contributed by atoms with E-state index in [0.717, 1.165) is 54.6 Å². The number of carbonyl (C=O) groups excluding carboxylic acids is 1. The standard InChI is InChI=1S/C35H27BrN4O2/c1-24-6-16-31(17-7-24)40-34(29-13-12-27-4-2-3-5-28(27)20-29)21-33(39-40)35(41)38-37-22-25-10-18-32(19-11-25)42-23-26-8-14-30(36)15-9-26/h2-22H,23H2,1H3,(H,38,41)/b37-22-. The predicted octanol–water partition coefficient (Wildman–Crippen LogP) is 8.11. The molecule has 1 aromatic heterocycles. The Balaban J connectivity index is 1.17. The Kier molecular flexibility index (Phi) is 7.92. The third-order valence-corrected chi connectivity index (χ3v) is 7.37. The highest BCUT2D eigenvalue weighted by Gasteiger charge is 2.17. The van der Waals surface area contributed by atoms with Gasteiger partial charge in [-0.15, -0.1) is 0 Å². The van der Waals surface area contributed by atoms with Gasteiger partial charge in [-0.2, -0.15) is 10.2 Å². The molecule has 206 valence electrons. The summed E-state index contributed by atoms with van der Waals surface area (Å²) >= 11 is 3.44. The van der Waals surface area contributed by atoms with Gasteiger partial charge >= 0.3 is 0 Å². The van der Waals surface area contributed by atoms with E-state index in [1.54, 1.807) is 17.0 Å². The third-order valence-electron chi connectivity index (χ3n) is 6.84. The average molecular weight is 616 g/mol. The maximum Gasteiger partial charge on any atom is 0.291 e. The molecule has 0 unspecified atom stereocenters. The Morgan fingerprint density at radius 3 is 2.38 bits per heavy atom. The number of halogens is 1. The number of hydrazone groups is 1. The van der Waals surface area contributed by atoms with E-state index in [0.29, 0.717) is 6.61 Å². The minimum absolute atomic E-state index is 0.271. The molecule has 0 saturated heterocycles. The number of amides is 1. The Morgan fingerprint density at radius 2 is 1.62 bits per heavy atom. The lowest BCUT2D eigenvalue weighted by Crippen LogP contribution is -2.18. The van der Waals surface area contributed by atoms with Crippen molar-refractivity contribution in [3.8, 4) is 22.7 Å². The van der Waals surface area contributed by atoms with Crippen LogP contribution in [0, 0.1) is 6.92 Å². The lowest BCUT2D eigenvalue weighted by atomic mass is 10.0. The van der Waals surface area contributed by atoms with Crippen LogP contribution in [0.15, 0.2) is 131 Å². The smallest absolute Gasteiger partial charge is 0.291 e. The Labute approximate surface area is 252 Å². The number of ether oxygens (including phenoxy) is 1. The molecule has 6 nitrogen and oxygen atoms in total. The van der Waals surface area contributed by atoms with Crippen LogP contribution in [0.3, 0.4) is 0 Å². The van der Waals surface area contributed by atoms with Gasteiger partial charge in [-0.05, 0) is 89.5 Å². The van der Waals surface area contributed by atoms with Crippen LogP contribution in [0.2, 0.25) is 0 Å². The lowest BCUT2D eigenvalue weighted by Gasteiger charge is -2.09. The van der Waals surface area contributed by atoms with Crippen LogP contribution in [0.4, 0.5) is 0 Å². The van der Waals surface area contributed by atoms with Crippen LogP contribution >= 0.6 is 15.9 Å². The second-order valence-corrected chi connectivity index (χ2v) is 10.8. The van der Waals surface area contributed by atoms with Crippen LogP contribution in [0.5, 0.6) is 5.75 Å². The number of benzene rings is 5. The minimum atomic E-state index is -0.395. The first kappa shape index (κ1) is 27.2. The fraction of sp³-hybridized carbons (Fsp3) is 0.0571. The van der Waals surface area contributed by atoms with Gasteiger partial charge in [0.25, 0.3) is 5.91 Å². The topological polar surface area (TPSA) is 68.5 Å². The first-order valence-corrected chi connectivity index (χ1v) is 14.3. The number of carbonyl (C=O) groups is 1. The number of nitrogens with zero attached hydrogens (tertiary/aromatic N) is 3. The normalized spacial score (nSPS) is 11.2. The number of nitrogens with one attached hydrogen (secondary N) is 1. The highest BCUT2D eigenvalue weighted by molar-refractivity contribution is 9.10. The van der Waals surface area contributed by atoms with Crippen LogP contribution in [-0.2, 0) is 6.61 Å². The van der Waals surface area contributed by atoms with Gasteiger partial charge in [0.05, 0.1) is 17.6 Å². The fourth-order valence-electron chi connectivity index (χ4n) is 4.55. The first-order chi connectivity index (χ1) is 20.5. The number of fused-ring (bicyclic) bond motifs is 1. The Hall–Kier alpha value is -5.01. The summed E-state index contributed by atoms with van der Waals surface area (Å²) in [6, 6.07) is 39.8. The Morgan fingerprint density at radius 1 is 0.881 bits per heavy atom. The molecule has 7 heteroatoms. The van der Waals surface area contributed by atoms with Crippen molar-refractivity contribution < 1.29 is 9.53 Å². The summed E-state index contributed by atoms with van der Waals surface area (Å²) in [7, 11) is 0. The molecule has 0 aliphatic carbocycles. The van der Waals surface area contributed by atoms with Crippen LogP contribution in [0.1, 0.15) is 27.2 Å². The van der Waals surface area contributed by atoms with Gasteiger partial charge in [-0.25, -0.2) is 10.1 Å². The molecule has 0 saturated carbocycles. The third kappa shape index (κ3) is 6.32. The molecular formula is C35H27BrN4O2. The molecule has 0 radical (unpaired) electrons. The second-order valence-electron chi connectivity index (χ2n) is 9.91. The van der Waals surface area contributed by atoms with Crippen molar-refractivity contribution in [1.82, 2.24) is 15.2 Å². The van der Waals surface area contributed by atoms with Crippen molar-refractivity contribution in [3.63, 3.8) is 0 Å². The maximum atomic E-state index is 13.1. The van der Waals surface area contributed by atoms with E-state index >= 15 is 0 Å². The van der Waals surface area contributed by atoms with Gasteiger partial charge in [0.15, 0.2) is 5.69 Å². The molecule has 1 heterocycles. The maximum absolute atomic E-state index is 13.1. The van der Waals surface area contributed by atoms with E-state index < -0.39 is 5.91 Å². The molecule has 0 aliphatic heterocycles. The molecule has 0 bridgehead atoms. The summed E-state index contributed by atoms with van der Waals surface area (Å²) in [5.74, 6) is 0.357. The van der Waals surface area contributed by atoms with E-state index in [2.05, 4.69) is 61.9 Å². The summed E-state index contributed by atoms with van der Waals surface area (Å²) in [4.78, 5) is 13.1. The number of rotatable bonds is 8. The lowest BCUT2D eigenvalue weighted by molar-refractivity contribution is 0.0949. The molecule has 6 rings (SSSR count). The number of hydrogen-bond donors (Lipinski definition) is 1. The van der Waals surface area contributed by atoms with E-state index in [1.807, 2.05) is 91.9 Å². The van der Waals surface area contributed by atoms with Crippen LogP contribution in [-0.4, -0.2) is 21.9 Å². The molecule has 42 heavy (non-hydrogen) atoms. The zero-order valence-corrected chi connectivity index (χ0v) is 24.5. The molecule has 0 atom stereocenters. The zero-order chi connectivity index (χ0) is 28.9. The largest absolute Gasteiger partial charge is 0.489 e. The van der Waals surface area contributed by atoms with Crippen molar-refractivity contribution in [1.29, 1.82) is 0 Å². The summed E-state index contributed by atoms with van der Waals surface area (Å²) in [6.45, 7) is 2.52. The first-order valence-electron chi connectivity index (χ1n) is 13.5. The van der Waals surface area contributed by atoms with Gasteiger partial charge in [0, 0.05) is 10.0 Å². The molecule has 1 N–H and O–H groups in total. The van der Waals surface area contributed by atoms with Crippen molar-refractivity contribution in [2.24, 2.45) is 5.10 Å². The zero-order valence-electron chi connectivity index (χ0n) is 22.9. The van der Waals surface area contributed by atoms with Gasteiger partial charge in [-0.3, -0.25) is 4.79 Å². The van der Waals surface area contributed by atoms with E-state index in [4.69, 9.17) is 4.74 Å². The monoisotopic (exact) mass is 614 g/mol. The molecule has 0 aliphatic rings. The highest BCUT2D eigenvalue weighted by Crippen LogP contribution is 2.28. The van der Waals surface area contributed by atoms with Gasteiger partial charge in [0.1, 0.15) is 12.4 Å². The Bertz CT molecular complexity index is 1880. The predicted molar refractivity (Wildman–Crippen MR) is 171 cm³/mol. The van der Waals surface area contributed by atoms with Gasteiger partial charge in [0.2, 0.25) is 0 Å². The minimum Gasteiger partial charge on any atom is -0.489 e. The van der Waals surface area contributed by atoms with Crippen molar-refractivity contribution in [3.05, 3.63) is 148 Å². The van der Waals surface area contributed by atoms with E-state index in [1.165, 1.54) is 0 Å². The number of aryl methyl sites for hydroxylation is 1. The number of hydrogen-bond acceptors (Lipinski definition) is 4. The van der Waals surface area contributed by atoms with Crippen molar-refractivity contribution >= 4 is 38.8 Å². The molecule has 1 amide bonds. The quantitative estimate of drug-likeness (QED) is 0.139. The molecule has 0 fully saturated rings. The highest BCUT2D eigenvalue weighted by atomic mass is 79.9. The van der Waals surface area contributed by atoms with Gasteiger partial charge < -0.3 is 4.74 Å². The summed E-state index contributed by atoms with van der Waals surface area (Å²) in [5.41, 5.74) is 8.60. The summed E-state index contributed by atoms with van der Waals surface area (Å²) < 4.78 is 8.70. The van der Waals surface area contributed by atoms with Crippen LogP contribution in [0.25, 0.3) is 27.7 Å². The fourth-order valence-corrected chi connectivity index (χ4v) is 4.81. The molecule has 0 spiro atoms. The molecule has 5 aromatic carbocycles. The van der Waals surface area contributed by atoms with Crippen molar-refractivity contribution in [2.75, 3.05) is 0 Å². The molecule has 6 aromatic rings. The summed E-state index contributed by atoms with van der Waals surface area (Å²) in [5, 5.41) is 11.1. The average Bonchev–Trinajstić information content (AvgIpc) is 3.47. The summed E-state index contributed by atoms with van der Waals surface area (Å²) in [6.07, 6.45) is 1.59. The van der Waals surface area contributed by atoms with E-state index in [-0.39, 0.29) is 5.69 Å². The molecular weight excluding hydrogens is 588 g/mol. The van der Waals surface area contributed by atoms with Crippen molar-refractivity contribution in [2.45, 2.75) is 13.5 Å². The second kappa shape index (κ2) is 12.2. The SMILES string of the molecule is Cc1ccc(-n2nc(C(=O)N/N=C\c3ccc(OCc4ccc(Br)cc4)cc3)cc2-c2ccc3ccccc3c2)cc1. The van der Waals surface area contributed by atoms with Gasteiger partial charge in [-0.1, -0.05) is 82.2 Å². The number of aromatic nitrogens is 2.